The predicted octanol–water partition coefficient (Wildman–Crippen LogP) is 3.60. The molecule has 0 aromatic heterocycles. The molecule has 22 heavy (non-hydrogen) atoms. The summed E-state index contributed by atoms with van der Waals surface area (Å²) in [4.78, 5) is 11.6. The third-order valence-corrected chi connectivity index (χ3v) is 4.82. The normalized spacial score (nSPS) is 24.4. The summed E-state index contributed by atoms with van der Waals surface area (Å²) in [5, 5.41) is 2.79. The molecule has 6 heteroatoms. The van der Waals surface area contributed by atoms with Crippen molar-refractivity contribution < 1.29 is 13.7 Å². The molecule has 1 unspecified atom stereocenters. The number of hydrogen-bond acceptors (Lipinski definition) is 3. The number of carbonyl (C=O) groups excluding carboxylic acids is 1. The van der Waals surface area contributed by atoms with Crippen molar-refractivity contribution in [3.05, 3.63) is 0 Å². The second-order valence-electron chi connectivity index (χ2n) is 8.13. The molecule has 0 aromatic carbocycles. The first-order chi connectivity index (χ1) is 9.87. The Kier molecular flexibility index (Phi) is 6.18. The van der Waals surface area contributed by atoms with Gasteiger partial charge in [0.25, 0.3) is 0 Å². The molecule has 1 fully saturated rings. The highest BCUT2D eigenvalue weighted by Crippen LogP contribution is 2.33. The van der Waals surface area contributed by atoms with Crippen LogP contribution in [0.1, 0.15) is 67.7 Å². The van der Waals surface area contributed by atoms with E-state index < -0.39 is 11.0 Å². The SMILES string of the molecule is C/C(CC1CC(OC(=O)NC(C)(C)C)C1)=N\S(=O)C(C)(C)C. The second-order valence-corrected chi connectivity index (χ2v) is 10.0. The molecule has 1 N–H and O–H groups in total. The van der Waals surface area contributed by atoms with E-state index in [1.54, 1.807) is 0 Å². The number of ether oxygens (including phenoxy) is 1. The lowest BCUT2D eigenvalue weighted by Crippen LogP contribution is -2.44. The maximum atomic E-state index is 12.0. The summed E-state index contributed by atoms with van der Waals surface area (Å²) in [7, 11) is -1.20. The Hall–Kier alpha value is -0.910. The van der Waals surface area contributed by atoms with E-state index in [4.69, 9.17) is 4.74 Å². The molecule has 1 aliphatic rings. The number of amides is 1. The van der Waals surface area contributed by atoms with Crippen molar-refractivity contribution in [2.45, 2.75) is 84.1 Å². The van der Waals surface area contributed by atoms with E-state index in [2.05, 4.69) is 9.71 Å². The molecule has 0 spiro atoms. The second kappa shape index (κ2) is 7.11. The van der Waals surface area contributed by atoms with E-state index in [0.717, 1.165) is 25.0 Å². The van der Waals surface area contributed by atoms with E-state index in [0.29, 0.717) is 5.92 Å². The minimum absolute atomic E-state index is 0.00624. The van der Waals surface area contributed by atoms with Crippen molar-refractivity contribution in [1.29, 1.82) is 0 Å². The number of carbonyl (C=O) groups is 1. The van der Waals surface area contributed by atoms with Crippen LogP contribution in [0, 0.1) is 5.92 Å². The Morgan fingerprint density at radius 2 is 1.77 bits per heavy atom. The molecule has 0 radical (unpaired) electrons. The Morgan fingerprint density at radius 3 is 2.23 bits per heavy atom. The fraction of sp³-hybridized carbons (Fsp3) is 0.875. The summed E-state index contributed by atoms with van der Waals surface area (Å²) in [5.74, 6) is 0.466. The van der Waals surface area contributed by atoms with Gasteiger partial charge in [-0.2, -0.15) is 4.40 Å². The Balaban J connectivity index is 2.32. The molecule has 1 atom stereocenters. The lowest BCUT2D eigenvalue weighted by Gasteiger charge is -2.35. The van der Waals surface area contributed by atoms with Crippen LogP contribution in [-0.2, 0) is 15.7 Å². The minimum atomic E-state index is -1.20. The smallest absolute Gasteiger partial charge is 0.407 e. The van der Waals surface area contributed by atoms with Crippen LogP contribution in [0.5, 0.6) is 0 Å². The zero-order valence-electron chi connectivity index (χ0n) is 14.9. The molecule has 1 rings (SSSR count). The summed E-state index contributed by atoms with van der Waals surface area (Å²) in [6, 6.07) is 0. The third kappa shape index (κ3) is 6.90. The number of hydrogen-bond donors (Lipinski definition) is 1. The number of nitrogens with one attached hydrogen (secondary N) is 1. The van der Waals surface area contributed by atoms with Gasteiger partial charge in [-0.25, -0.2) is 9.00 Å². The molecule has 0 heterocycles. The molecule has 0 saturated heterocycles. The summed E-state index contributed by atoms with van der Waals surface area (Å²) in [5.41, 5.74) is 0.636. The van der Waals surface area contributed by atoms with Crippen LogP contribution in [0.2, 0.25) is 0 Å². The largest absolute Gasteiger partial charge is 0.446 e. The van der Waals surface area contributed by atoms with Gasteiger partial charge in [-0.05, 0) is 73.6 Å². The molecule has 5 nitrogen and oxygen atoms in total. The van der Waals surface area contributed by atoms with Gasteiger partial charge < -0.3 is 10.1 Å². The van der Waals surface area contributed by atoms with Crippen LogP contribution in [0.4, 0.5) is 4.79 Å². The average molecular weight is 330 g/mol. The van der Waals surface area contributed by atoms with Crippen LogP contribution in [0.15, 0.2) is 4.40 Å². The third-order valence-electron chi connectivity index (χ3n) is 3.29. The van der Waals surface area contributed by atoms with E-state index in [1.807, 2.05) is 48.5 Å². The van der Waals surface area contributed by atoms with Gasteiger partial charge in [0.15, 0.2) is 0 Å². The van der Waals surface area contributed by atoms with Crippen LogP contribution in [0.25, 0.3) is 0 Å². The van der Waals surface area contributed by atoms with Crippen molar-refractivity contribution in [2.24, 2.45) is 10.3 Å². The summed E-state index contributed by atoms with van der Waals surface area (Å²) < 4.78 is 21.3. The van der Waals surface area contributed by atoms with Crippen molar-refractivity contribution in [3.8, 4) is 0 Å². The summed E-state index contributed by atoms with van der Waals surface area (Å²) in [6.07, 6.45) is 2.17. The van der Waals surface area contributed by atoms with Gasteiger partial charge >= 0.3 is 6.09 Å². The van der Waals surface area contributed by atoms with Gasteiger partial charge in [0.1, 0.15) is 17.1 Å². The fourth-order valence-corrected chi connectivity index (χ4v) is 2.79. The number of alkyl carbamates (subject to hydrolysis) is 1. The van der Waals surface area contributed by atoms with Crippen molar-refractivity contribution in [1.82, 2.24) is 5.32 Å². The maximum Gasteiger partial charge on any atom is 0.407 e. The Labute approximate surface area is 136 Å². The number of rotatable bonds is 4. The molecule has 1 amide bonds. The maximum absolute atomic E-state index is 12.0. The van der Waals surface area contributed by atoms with E-state index in [-0.39, 0.29) is 22.5 Å². The fourth-order valence-electron chi connectivity index (χ4n) is 2.16. The quantitative estimate of drug-likeness (QED) is 0.801. The molecule has 0 bridgehead atoms. The molecule has 1 saturated carbocycles. The standard InChI is InChI=1S/C16H30N2O3S/c1-11(18-22(20)16(5,6)7)8-12-9-13(10-12)21-14(19)17-15(2,3)4/h12-13H,8-10H2,1-7H3,(H,17,19)/b18-11+. The molecular weight excluding hydrogens is 300 g/mol. The molecular formula is C16H30N2O3S. The zero-order valence-corrected chi connectivity index (χ0v) is 15.7. The van der Waals surface area contributed by atoms with Crippen LogP contribution in [-0.4, -0.2) is 32.4 Å². The van der Waals surface area contributed by atoms with Crippen molar-refractivity contribution >= 4 is 22.8 Å². The molecule has 0 aromatic rings. The highest BCUT2D eigenvalue weighted by atomic mass is 32.2. The predicted molar refractivity (Wildman–Crippen MR) is 91.5 cm³/mol. The number of nitrogens with zero attached hydrogens (tertiary/aromatic N) is 1. The van der Waals surface area contributed by atoms with E-state index >= 15 is 0 Å². The highest BCUT2D eigenvalue weighted by molar-refractivity contribution is 7.85. The monoisotopic (exact) mass is 330 g/mol. The lowest BCUT2D eigenvalue weighted by atomic mass is 9.79. The van der Waals surface area contributed by atoms with E-state index in [1.165, 1.54) is 0 Å². The van der Waals surface area contributed by atoms with Crippen LogP contribution >= 0.6 is 0 Å². The highest BCUT2D eigenvalue weighted by Gasteiger charge is 2.33. The first-order valence-electron chi connectivity index (χ1n) is 7.82. The molecule has 128 valence electrons. The van der Waals surface area contributed by atoms with Gasteiger partial charge in [-0.15, -0.1) is 0 Å². The van der Waals surface area contributed by atoms with Gasteiger partial charge in [-0.1, -0.05) is 0 Å². The van der Waals surface area contributed by atoms with Gasteiger partial charge in [0.2, 0.25) is 0 Å². The van der Waals surface area contributed by atoms with Gasteiger partial charge in [-0.3, -0.25) is 0 Å². The lowest BCUT2D eigenvalue weighted by molar-refractivity contribution is 0.0167. The Bertz CT molecular complexity index is 455. The topological polar surface area (TPSA) is 67.8 Å². The first kappa shape index (κ1) is 19.1. The van der Waals surface area contributed by atoms with Crippen LogP contribution in [0.3, 0.4) is 0 Å². The van der Waals surface area contributed by atoms with E-state index in [9.17, 15) is 9.00 Å². The van der Waals surface area contributed by atoms with Crippen molar-refractivity contribution in [3.63, 3.8) is 0 Å². The summed E-state index contributed by atoms with van der Waals surface area (Å²) >= 11 is 0. The molecule has 1 aliphatic carbocycles. The zero-order chi connectivity index (χ0) is 17.1. The van der Waals surface area contributed by atoms with Gasteiger partial charge in [0, 0.05) is 11.3 Å². The van der Waals surface area contributed by atoms with Crippen LogP contribution < -0.4 is 5.32 Å². The minimum Gasteiger partial charge on any atom is -0.446 e. The van der Waals surface area contributed by atoms with Gasteiger partial charge in [0.05, 0.1) is 4.75 Å². The average Bonchev–Trinajstić information content (AvgIpc) is 2.21. The van der Waals surface area contributed by atoms with Crippen molar-refractivity contribution in [2.75, 3.05) is 0 Å². The Morgan fingerprint density at radius 1 is 1.23 bits per heavy atom. The summed E-state index contributed by atoms with van der Waals surface area (Å²) in [6.45, 7) is 13.4. The molecule has 0 aliphatic heterocycles. The first-order valence-corrected chi connectivity index (χ1v) is 8.92.